The third-order valence-corrected chi connectivity index (χ3v) is 24.7. The van der Waals surface area contributed by atoms with E-state index >= 15 is 0 Å². The van der Waals surface area contributed by atoms with Gasteiger partial charge in [0.1, 0.15) is 0 Å². The number of hydrogen-bond acceptors (Lipinski definition) is 6. The van der Waals surface area contributed by atoms with Crippen molar-refractivity contribution < 1.29 is 0 Å². The van der Waals surface area contributed by atoms with E-state index in [2.05, 4.69) is 428 Å². The number of aryl methyl sites for hydroxylation is 6. The molecule has 0 spiro atoms. The maximum Gasteiger partial charge on any atom is 0.252 e. The van der Waals surface area contributed by atoms with Gasteiger partial charge in [0.2, 0.25) is 0 Å². The first-order valence-electron chi connectivity index (χ1n) is 37.2. The second kappa shape index (κ2) is 29.5. The van der Waals surface area contributed by atoms with Crippen molar-refractivity contribution in [1.82, 2.24) is 0 Å². The molecule has 0 radical (unpaired) electrons. The fourth-order valence-electron chi connectivity index (χ4n) is 16.7. The van der Waals surface area contributed by atoms with Crippen LogP contribution >= 0.6 is 90.4 Å². The highest BCUT2D eigenvalue weighted by atomic mass is 127. The van der Waals surface area contributed by atoms with Crippen molar-refractivity contribution in [3.05, 3.63) is 315 Å². The van der Waals surface area contributed by atoms with E-state index in [1.807, 2.05) is 0 Å². The van der Waals surface area contributed by atoms with Gasteiger partial charge in [-0.15, -0.1) is 0 Å². The summed E-state index contributed by atoms with van der Waals surface area (Å²) < 4.78 is 4.75. The van der Waals surface area contributed by atoms with Gasteiger partial charge in [-0.1, -0.05) is 136 Å². The van der Waals surface area contributed by atoms with Crippen LogP contribution in [-0.2, 0) is 19.3 Å². The Morgan fingerprint density at radius 3 is 1.04 bits per heavy atom. The highest BCUT2D eigenvalue weighted by Crippen LogP contribution is 2.53. The third-order valence-electron chi connectivity index (χ3n) is 21.8. The summed E-state index contributed by atoms with van der Waals surface area (Å²) >= 11 is 9.88. The fraction of sp³-hybridized carbons (Fsp3) is 0.161. The van der Waals surface area contributed by atoms with E-state index in [-0.39, 0.29) is 13.4 Å². The fourth-order valence-corrected chi connectivity index (χ4v) is 18.1. The monoisotopic (exact) mass is 1810 g/mol. The molecule has 0 bridgehead atoms. The minimum atomic E-state index is -0.181. The normalized spacial score (nSPS) is 12.9. The van der Waals surface area contributed by atoms with E-state index in [1.54, 1.807) is 0 Å². The molecule has 0 aromatic heterocycles. The van der Waals surface area contributed by atoms with E-state index in [4.69, 9.17) is 0 Å². The van der Waals surface area contributed by atoms with Gasteiger partial charge in [0.15, 0.2) is 0 Å². The maximum absolute atomic E-state index is 2.70. The van der Waals surface area contributed by atoms with Crippen LogP contribution in [0.15, 0.2) is 267 Å². The molecule has 0 amide bonds. The largest absolute Gasteiger partial charge is 0.311 e. The van der Waals surface area contributed by atoms with Crippen molar-refractivity contribution in [3.8, 4) is 0 Å². The molecule has 0 atom stereocenters. The molecule has 105 heavy (non-hydrogen) atoms. The lowest BCUT2D eigenvalue weighted by Crippen LogP contribution is -2.65. The average Bonchev–Trinajstić information content (AvgIpc) is 0.683. The summed E-state index contributed by atoms with van der Waals surface area (Å²) in [4.78, 5) is 15.5. The Bertz CT molecular complexity index is 5380. The second-order valence-electron chi connectivity index (χ2n) is 28.8. The molecule has 0 saturated carbocycles. The topological polar surface area (TPSA) is 19.4 Å². The van der Waals surface area contributed by atoms with Gasteiger partial charge in [-0.25, -0.2) is 0 Å². The number of benzene rings is 13. The zero-order valence-corrected chi connectivity index (χ0v) is 68.7. The third kappa shape index (κ3) is 13.0. The van der Waals surface area contributed by atoms with E-state index in [0.717, 1.165) is 143 Å². The summed E-state index contributed by atoms with van der Waals surface area (Å²) in [6, 6.07) is 104. The first-order valence-corrected chi connectivity index (χ1v) is 41.5. The number of halogens is 4. The molecule has 516 valence electrons. The number of anilines is 18. The van der Waals surface area contributed by atoms with Crippen LogP contribution in [0.1, 0.15) is 92.7 Å². The number of hydrogen-bond donors (Lipinski definition) is 0. The maximum atomic E-state index is 2.70. The van der Waals surface area contributed by atoms with Gasteiger partial charge in [-0.3, -0.25) is 0 Å². The summed E-state index contributed by atoms with van der Waals surface area (Å²) in [5.74, 6) is 0. The Labute approximate surface area is 675 Å². The molecule has 6 nitrogen and oxygen atoms in total. The highest BCUT2D eigenvalue weighted by Gasteiger charge is 2.49. The van der Waals surface area contributed by atoms with Crippen molar-refractivity contribution in [2.24, 2.45) is 0 Å². The summed E-state index contributed by atoms with van der Waals surface area (Å²) in [5, 5.41) is 0. The van der Waals surface area contributed by atoms with Gasteiger partial charge in [0.25, 0.3) is 13.4 Å². The van der Waals surface area contributed by atoms with Gasteiger partial charge in [-0.2, -0.15) is 0 Å². The highest BCUT2D eigenvalue weighted by molar-refractivity contribution is 14.1. The van der Waals surface area contributed by atoms with E-state index in [0.29, 0.717) is 0 Å². The average molecular weight is 1810 g/mol. The SMILES string of the molecule is CCCCc1ccc(N(c2ccc(I)cc2)c2cc3c4c(c2)N(c2ccc(CCCC)cc2)c2cccc(C)c2B4c2cc4c(cc2N3c2ccc(I)cc2)N(c2ccc(I)cc2)c2cc(N(c3ccc(C)cc3)c3ccc(I)cc3)cc3c2B4c2cc(C)ccc2N3c2ccc(CCCC)cc2)cc1. The molecule has 0 N–H and O–H groups in total. The van der Waals surface area contributed by atoms with Crippen LogP contribution < -0.4 is 62.2 Å². The Balaban J connectivity index is 0.989. The molecule has 12 heteroatoms. The van der Waals surface area contributed by atoms with E-state index in [1.165, 1.54) is 97.5 Å². The van der Waals surface area contributed by atoms with Crippen LogP contribution in [0.25, 0.3) is 0 Å². The molecule has 13 aromatic rings. The molecule has 0 fully saturated rings. The predicted octanol–water partition coefficient (Wildman–Crippen LogP) is 24.2. The number of nitrogens with zero attached hydrogens (tertiary/aromatic N) is 6. The molecule has 17 rings (SSSR count). The predicted molar refractivity (Wildman–Crippen MR) is 485 cm³/mol. The Kier molecular flexibility index (Phi) is 19.6. The van der Waals surface area contributed by atoms with Gasteiger partial charge in [0, 0.05) is 105 Å². The van der Waals surface area contributed by atoms with Gasteiger partial charge in [0.05, 0.1) is 11.4 Å². The van der Waals surface area contributed by atoms with Crippen molar-refractivity contribution in [1.29, 1.82) is 0 Å². The smallest absolute Gasteiger partial charge is 0.252 e. The van der Waals surface area contributed by atoms with Crippen LogP contribution in [0.3, 0.4) is 0 Å². The summed E-state index contributed by atoms with van der Waals surface area (Å²) in [5.41, 5.74) is 35.9. The molecule has 0 saturated heterocycles. The lowest BCUT2D eigenvalue weighted by atomic mass is 9.30. The van der Waals surface area contributed by atoms with Gasteiger partial charge < -0.3 is 29.4 Å². The minimum absolute atomic E-state index is 0.180. The Morgan fingerprint density at radius 1 is 0.276 bits per heavy atom. The molecule has 4 aliphatic rings. The molecule has 0 aliphatic carbocycles. The van der Waals surface area contributed by atoms with Crippen molar-refractivity contribution in [3.63, 3.8) is 0 Å². The Morgan fingerprint density at radius 2 is 0.610 bits per heavy atom. The zero-order chi connectivity index (χ0) is 71.7. The summed E-state index contributed by atoms with van der Waals surface area (Å²) in [6.07, 6.45) is 10.1. The van der Waals surface area contributed by atoms with Crippen LogP contribution in [0.4, 0.5) is 102 Å². The number of rotatable bonds is 19. The molecule has 4 heterocycles. The molecular weight excluding hydrogens is 1730 g/mol. The van der Waals surface area contributed by atoms with Crippen LogP contribution in [0.2, 0.25) is 0 Å². The molecule has 13 aromatic carbocycles. The van der Waals surface area contributed by atoms with Crippen LogP contribution in [-0.4, -0.2) is 13.4 Å². The zero-order valence-electron chi connectivity index (χ0n) is 60.1. The molecule has 4 aliphatic heterocycles. The molecule has 0 unspecified atom stereocenters. The number of unbranched alkanes of at least 4 members (excludes halogenated alkanes) is 3. The van der Waals surface area contributed by atoms with E-state index < -0.39 is 0 Å². The van der Waals surface area contributed by atoms with Crippen molar-refractivity contribution >= 4 is 239 Å². The van der Waals surface area contributed by atoms with Gasteiger partial charge >= 0.3 is 0 Å². The lowest BCUT2D eigenvalue weighted by Gasteiger charge is -2.48. The second-order valence-corrected chi connectivity index (χ2v) is 33.7. The summed E-state index contributed by atoms with van der Waals surface area (Å²) in [6.45, 7) is 13.3. The summed E-state index contributed by atoms with van der Waals surface area (Å²) in [7, 11) is 0. The van der Waals surface area contributed by atoms with Crippen molar-refractivity contribution in [2.45, 2.75) is 99.3 Å². The van der Waals surface area contributed by atoms with Crippen LogP contribution in [0.5, 0.6) is 0 Å². The lowest BCUT2D eigenvalue weighted by molar-refractivity contribution is 0.795. The first kappa shape index (κ1) is 69.7. The standard InChI is InChI=1S/C93H80B2I4N6/c1-7-10-15-63-22-38-71(39-23-63)101(73-46-30-67(97)31-47-73)79-56-89-93-90(57-79)105(77-50-34-69(99)35-51-77)86-59-85-81(58-82(86)95(93)91-62(6)14-13-18-84(91)103(89)75-42-26-65(27-43-75)17-12-9-3)94-80-53-61(5)21-52-83(80)102(74-40-24-64(25-41-74)16-11-8-2)87-54-78(55-88(92(87)94)104(85)76-48-32-68(98)33-49-76)100(70-36-19-60(4)20-37-70)72-44-28-66(96)29-45-72/h13-14,18-59H,7-12,15-17H2,1-6H3. The quantitative estimate of drug-likeness (QED) is 0.0589. The number of fused-ring (bicyclic) bond motifs is 8. The Hall–Kier alpha value is -8.29. The van der Waals surface area contributed by atoms with Crippen molar-refractivity contribution in [2.75, 3.05) is 29.4 Å². The van der Waals surface area contributed by atoms with Gasteiger partial charge in [-0.05, 0) is 387 Å². The minimum Gasteiger partial charge on any atom is -0.311 e. The molecular formula is C93H80B2I4N6. The van der Waals surface area contributed by atoms with Crippen LogP contribution in [0, 0.1) is 35.1 Å². The van der Waals surface area contributed by atoms with E-state index in [9.17, 15) is 0 Å². The first-order chi connectivity index (χ1) is 51.3.